The number of aryl methyl sites for hydroxylation is 2. The Morgan fingerprint density at radius 1 is 0.702 bits per heavy atom. The second-order valence-electron chi connectivity index (χ2n) is 12.9. The van der Waals surface area contributed by atoms with E-state index in [4.69, 9.17) is 9.47 Å². The molecule has 4 amide bonds. The molecule has 9 nitrogen and oxygen atoms in total. The maximum absolute atomic E-state index is 14.4. The second kappa shape index (κ2) is 11.7. The molecule has 2 heterocycles. The van der Waals surface area contributed by atoms with E-state index in [2.05, 4.69) is 0 Å². The number of amides is 4. The van der Waals surface area contributed by atoms with Crippen molar-refractivity contribution in [3.63, 3.8) is 0 Å². The first-order valence-corrected chi connectivity index (χ1v) is 16.3. The van der Waals surface area contributed by atoms with Gasteiger partial charge >= 0.3 is 0 Å². The maximum Gasteiger partial charge on any atom is 0.238 e. The number of benzene rings is 3. The van der Waals surface area contributed by atoms with Crippen LogP contribution in [0.1, 0.15) is 49.3 Å². The van der Waals surface area contributed by atoms with Gasteiger partial charge in [-0.05, 0) is 67.0 Å². The largest absolute Gasteiger partial charge is 0.507 e. The number of imide groups is 2. The standard InChI is InChI=1S/C38H38N2O7/c1-5-20-7-11-22(12-8-20)39-35(42)26-16-15-25-27(31(26)37(39)44)19-28-33(32(25)34-29(41)17-24(46-3)18-30(34)47-4)38(45)40(36(28)43)23-13-9-21(6-2)10-14-23/h7-15,17-18,26-28,31-33,41H,5-6,16,19H2,1-4H3. The number of phenolic OH excluding ortho intramolecular Hbond substituents is 1. The third-order valence-corrected chi connectivity index (χ3v) is 10.7. The zero-order chi connectivity index (χ0) is 33.1. The van der Waals surface area contributed by atoms with Gasteiger partial charge in [-0.1, -0.05) is 49.8 Å². The SMILES string of the molecule is CCc1ccc(N2C(=O)C3CC=C4C(CC5C(=O)N(c6ccc(CC)cc6)C(=O)C5C4c4c(O)cc(OC)cc4OC)C3C2=O)cc1. The second-order valence-corrected chi connectivity index (χ2v) is 12.9. The first-order chi connectivity index (χ1) is 22.7. The van der Waals surface area contributed by atoms with Crippen molar-refractivity contribution < 1.29 is 33.8 Å². The van der Waals surface area contributed by atoms with E-state index in [1.54, 1.807) is 30.3 Å². The number of carbonyl (C=O) groups excluding carboxylic acids is 4. The molecule has 242 valence electrons. The van der Waals surface area contributed by atoms with Gasteiger partial charge in [-0.3, -0.25) is 29.0 Å². The Labute approximate surface area is 273 Å². The van der Waals surface area contributed by atoms with Gasteiger partial charge in [0.05, 0.1) is 49.3 Å². The van der Waals surface area contributed by atoms with Crippen LogP contribution in [-0.4, -0.2) is 43.0 Å². The number of phenols is 1. The summed E-state index contributed by atoms with van der Waals surface area (Å²) in [5, 5.41) is 11.5. The van der Waals surface area contributed by atoms with Crippen molar-refractivity contribution in [2.75, 3.05) is 24.0 Å². The molecule has 1 saturated carbocycles. The molecule has 3 aromatic carbocycles. The Bertz CT molecular complexity index is 1810. The highest BCUT2D eigenvalue weighted by molar-refractivity contribution is 6.24. The molecule has 2 aliphatic heterocycles. The zero-order valence-corrected chi connectivity index (χ0v) is 26.9. The van der Waals surface area contributed by atoms with E-state index < -0.39 is 35.5 Å². The molecular weight excluding hydrogens is 596 g/mol. The number of rotatable bonds is 7. The normalized spacial score (nSPS) is 26.6. The number of nitrogens with zero attached hydrogens (tertiary/aromatic N) is 2. The van der Waals surface area contributed by atoms with Gasteiger partial charge in [0.2, 0.25) is 23.6 Å². The van der Waals surface area contributed by atoms with Crippen LogP contribution in [0, 0.1) is 29.6 Å². The number of anilines is 2. The Morgan fingerprint density at radius 2 is 1.26 bits per heavy atom. The first-order valence-electron chi connectivity index (χ1n) is 16.3. The summed E-state index contributed by atoms with van der Waals surface area (Å²) in [6.07, 6.45) is 4.16. The van der Waals surface area contributed by atoms with Gasteiger partial charge in [0.15, 0.2) is 0 Å². The van der Waals surface area contributed by atoms with Crippen LogP contribution in [0.5, 0.6) is 17.2 Å². The minimum absolute atomic E-state index is 0.133. The summed E-state index contributed by atoms with van der Waals surface area (Å²) in [7, 11) is 2.96. The van der Waals surface area contributed by atoms with Crippen LogP contribution >= 0.6 is 0 Å². The summed E-state index contributed by atoms with van der Waals surface area (Å²) < 4.78 is 11.1. The Hall–Kier alpha value is -4.92. The molecule has 47 heavy (non-hydrogen) atoms. The van der Waals surface area contributed by atoms with E-state index >= 15 is 0 Å². The van der Waals surface area contributed by atoms with Crippen LogP contribution in [0.3, 0.4) is 0 Å². The minimum atomic E-state index is -0.842. The third-order valence-electron chi connectivity index (χ3n) is 10.7. The summed E-state index contributed by atoms with van der Waals surface area (Å²) in [6, 6.07) is 18.0. The quantitative estimate of drug-likeness (QED) is 0.267. The fourth-order valence-corrected chi connectivity index (χ4v) is 8.37. The highest BCUT2D eigenvalue weighted by Gasteiger charge is 2.63. The molecule has 0 bridgehead atoms. The highest BCUT2D eigenvalue weighted by atomic mass is 16.5. The number of hydrogen-bond acceptors (Lipinski definition) is 7. The van der Waals surface area contributed by atoms with E-state index in [-0.39, 0.29) is 35.8 Å². The molecule has 2 aliphatic carbocycles. The molecule has 1 N–H and O–H groups in total. The van der Waals surface area contributed by atoms with Gasteiger partial charge in [0, 0.05) is 23.6 Å². The Morgan fingerprint density at radius 3 is 1.79 bits per heavy atom. The van der Waals surface area contributed by atoms with Gasteiger partial charge in [0.25, 0.3) is 0 Å². The van der Waals surface area contributed by atoms with Crippen molar-refractivity contribution in [2.45, 2.75) is 45.4 Å². The molecule has 3 aromatic rings. The number of aromatic hydroxyl groups is 1. The first kappa shape index (κ1) is 30.7. The van der Waals surface area contributed by atoms with Crippen molar-refractivity contribution in [1.29, 1.82) is 0 Å². The third kappa shape index (κ3) is 4.66. The molecule has 0 aromatic heterocycles. The van der Waals surface area contributed by atoms with Crippen LogP contribution in [0.4, 0.5) is 11.4 Å². The average molecular weight is 635 g/mol. The Kier molecular flexibility index (Phi) is 7.65. The lowest BCUT2D eigenvalue weighted by molar-refractivity contribution is -0.126. The number of allylic oxidation sites excluding steroid dienone is 2. The van der Waals surface area contributed by atoms with Gasteiger partial charge < -0.3 is 14.6 Å². The minimum Gasteiger partial charge on any atom is -0.507 e. The predicted molar refractivity (Wildman–Crippen MR) is 175 cm³/mol. The average Bonchev–Trinajstić information content (AvgIpc) is 3.50. The van der Waals surface area contributed by atoms with Gasteiger partial charge in [-0.25, -0.2) is 0 Å². The molecule has 6 atom stereocenters. The van der Waals surface area contributed by atoms with Crippen molar-refractivity contribution >= 4 is 35.0 Å². The lowest BCUT2D eigenvalue weighted by Crippen LogP contribution is -2.43. The summed E-state index contributed by atoms with van der Waals surface area (Å²) in [4.78, 5) is 59.4. The van der Waals surface area contributed by atoms with E-state index in [0.29, 0.717) is 34.9 Å². The predicted octanol–water partition coefficient (Wildman–Crippen LogP) is 5.58. The van der Waals surface area contributed by atoms with Gasteiger partial charge in [0.1, 0.15) is 17.2 Å². The molecule has 9 heteroatoms. The molecule has 0 radical (unpaired) electrons. The number of ether oxygens (including phenoxy) is 2. The molecule has 6 unspecified atom stereocenters. The summed E-state index contributed by atoms with van der Waals surface area (Å²) in [5.74, 6) is -4.88. The van der Waals surface area contributed by atoms with Gasteiger partial charge in [-0.2, -0.15) is 0 Å². The lowest BCUT2D eigenvalue weighted by Gasteiger charge is -2.44. The zero-order valence-electron chi connectivity index (χ0n) is 26.9. The van der Waals surface area contributed by atoms with Crippen molar-refractivity contribution in [3.8, 4) is 17.2 Å². The maximum atomic E-state index is 14.4. The van der Waals surface area contributed by atoms with Crippen LogP contribution < -0.4 is 19.3 Å². The molecular formula is C38H38N2O7. The number of carbonyl (C=O) groups is 4. The summed E-state index contributed by atoms with van der Waals surface area (Å²) in [6.45, 7) is 4.08. The number of methoxy groups -OCH3 is 2. The number of hydrogen-bond donors (Lipinski definition) is 1. The molecule has 4 aliphatic rings. The molecule has 2 saturated heterocycles. The fraction of sp³-hybridized carbons (Fsp3) is 0.368. The monoisotopic (exact) mass is 634 g/mol. The van der Waals surface area contributed by atoms with Crippen molar-refractivity contribution in [2.24, 2.45) is 29.6 Å². The summed E-state index contributed by atoms with van der Waals surface area (Å²) in [5.41, 5.74) is 4.34. The fourth-order valence-electron chi connectivity index (χ4n) is 8.37. The van der Waals surface area contributed by atoms with Crippen LogP contribution in [0.25, 0.3) is 0 Å². The topological polar surface area (TPSA) is 113 Å². The van der Waals surface area contributed by atoms with Crippen molar-refractivity contribution in [1.82, 2.24) is 0 Å². The lowest BCUT2D eigenvalue weighted by atomic mass is 9.57. The summed E-state index contributed by atoms with van der Waals surface area (Å²) >= 11 is 0. The van der Waals surface area contributed by atoms with E-state index in [0.717, 1.165) is 29.5 Å². The highest BCUT2D eigenvalue weighted by Crippen LogP contribution is 2.60. The number of fused-ring (bicyclic) bond motifs is 4. The van der Waals surface area contributed by atoms with E-state index in [9.17, 15) is 24.3 Å². The Balaban J connectivity index is 1.35. The molecule has 7 rings (SSSR count). The van der Waals surface area contributed by atoms with Gasteiger partial charge in [-0.15, -0.1) is 0 Å². The van der Waals surface area contributed by atoms with Crippen LogP contribution in [0.2, 0.25) is 0 Å². The van der Waals surface area contributed by atoms with E-state index in [1.165, 1.54) is 30.1 Å². The van der Waals surface area contributed by atoms with Crippen LogP contribution in [0.15, 0.2) is 72.3 Å². The molecule has 0 spiro atoms. The molecule has 3 fully saturated rings. The smallest absolute Gasteiger partial charge is 0.238 e. The van der Waals surface area contributed by atoms with Crippen molar-refractivity contribution in [3.05, 3.63) is 89.0 Å². The van der Waals surface area contributed by atoms with Crippen LogP contribution in [-0.2, 0) is 32.0 Å². The van der Waals surface area contributed by atoms with E-state index in [1.807, 2.05) is 44.2 Å².